The van der Waals surface area contributed by atoms with Crippen molar-refractivity contribution in [3.8, 4) is 0 Å². The highest BCUT2D eigenvalue weighted by Crippen LogP contribution is 2.38. The second kappa shape index (κ2) is 45.1. The number of hydrogen-bond acceptors (Lipinski definition) is 8. The molecule has 0 aromatic rings. The molecule has 0 saturated heterocycles. The molecule has 0 heterocycles. The van der Waals surface area contributed by atoms with Crippen molar-refractivity contribution >= 4 is 19.8 Å². The van der Waals surface area contributed by atoms with Crippen LogP contribution < -0.4 is 4.89 Å². The number of allylic oxidation sites excluding steroid dienone is 16. The molecule has 0 amide bonds. The van der Waals surface area contributed by atoms with Crippen LogP contribution in [0.3, 0.4) is 0 Å². The van der Waals surface area contributed by atoms with Crippen molar-refractivity contribution in [2.24, 2.45) is 0 Å². The number of phosphoric ester groups is 1. The maximum absolute atomic E-state index is 12.7. The highest BCUT2D eigenvalue weighted by atomic mass is 31.2. The van der Waals surface area contributed by atoms with Gasteiger partial charge < -0.3 is 27.9 Å². The van der Waals surface area contributed by atoms with Crippen LogP contribution in [0.1, 0.15) is 181 Å². The average Bonchev–Trinajstić information content (AvgIpc) is 3.25. The molecular formula is C54H92NO8P. The number of nitrogens with zero attached hydrogens (tertiary/aromatic N) is 1. The minimum Gasteiger partial charge on any atom is -0.756 e. The maximum Gasteiger partial charge on any atom is 0.306 e. The maximum atomic E-state index is 12.7. The van der Waals surface area contributed by atoms with E-state index in [-0.39, 0.29) is 26.1 Å². The molecule has 0 bridgehead atoms. The van der Waals surface area contributed by atoms with Crippen LogP contribution in [0, 0.1) is 0 Å². The van der Waals surface area contributed by atoms with Gasteiger partial charge in [0.05, 0.1) is 27.7 Å². The number of rotatable bonds is 44. The third-order valence-corrected chi connectivity index (χ3v) is 11.1. The summed E-state index contributed by atoms with van der Waals surface area (Å²) >= 11 is 0. The number of esters is 2. The molecule has 2 atom stereocenters. The molecule has 366 valence electrons. The zero-order valence-corrected chi connectivity index (χ0v) is 42.1. The number of carbonyl (C=O) groups excluding carboxylic acids is 2. The predicted molar refractivity (Wildman–Crippen MR) is 268 cm³/mol. The third kappa shape index (κ3) is 48.4. The molecule has 10 heteroatoms. The monoisotopic (exact) mass is 914 g/mol. The Bertz CT molecular complexity index is 1400. The average molecular weight is 914 g/mol. The summed E-state index contributed by atoms with van der Waals surface area (Å²) in [6, 6.07) is 0. The number of likely N-dealkylation sites (N-methyl/N-ethyl adjacent to an activating group) is 1. The Kier molecular flexibility index (Phi) is 42.9. The normalized spacial score (nSPS) is 14.3. The van der Waals surface area contributed by atoms with Gasteiger partial charge in [-0.3, -0.25) is 14.2 Å². The highest BCUT2D eigenvalue weighted by Gasteiger charge is 2.21. The zero-order chi connectivity index (χ0) is 47.1. The van der Waals surface area contributed by atoms with E-state index in [1.807, 2.05) is 21.1 Å². The molecule has 0 aromatic carbocycles. The number of phosphoric acid groups is 1. The van der Waals surface area contributed by atoms with Gasteiger partial charge in [0.15, 0.2) is 6.10 Å². The van der Waals surface area contributed by atoms with Crippen molar-refractivity contribution in [1.82, 2.24) is 0 Å². The molecule has 9 nitrogen and oxygen atoms in total. The Morgan fingerprint density at radius 1 is 0.500 bits per heavy atom. The predicted octanol–water partition coefficient (Wildman–Crippen LogP) is 14.3. The van der Waals surface area contributed by atoms with Crippen LogP contribution in [0.15, 0.2) is 97.2 Å². The first-order valence-corrected chi connectivity index (χ1v) is 26.4. The molecule has 0 spiro atoms. The Labute approximate surface area is 392 Å². The molecule has 0 saturated carbocycles. The van der Waals surface area contributed by atoms with Gasteiger partial charge in [0, 0.05) is 12.8 Å². The minimum absolute atomic E-state index is 0.0443. The van der Waals surface area contributed by atoms with E-state index in [0.717, 1.165) is 96.3 Å². The molecule has 0 aliphatic heterocycles. The van der Waals surface area contributed by atoms with E-state index >= 15 is 0 Å². The largest absolute Gasteiger partial charge is 0.756 e. The van der Waals surface area contributed by atoms with Crippen LogP contribution in [-0.4, -0.2) is 70.0 Å². The van der Waals surface area contributed by atoms with Crippen LogP contribution in [-0.2, 0) is 32.7 Å². The lowest BCUT2D eigenvalue weighted by atomic mass is 10.1. The van der Waals surface area contributed by atoms with Crippen molar-refractivity contribution in [2.75, 3.05) is 47.5 Å². The van der Waals surface area contributed by atoms with Gasteiger partial charge in [-0.05, 0) is 96.3 Å². The van der Waals surface area contributed by atoms with Gasteiger partial charge in [0.2, 0.25) is 0 Å². The summed E-state index contributed by atoms with van der Waals surface area (Å²) in [5, 5.41) is 0. The Morgan fingerprint density at radius 2 is 0.891 bits per heavy atom. The van der Waals surface area contributed by atoms with Crippen molar-refractivity contribution in [2.45, 2.75) is 187 Å². The second-order valence-electron chi connectivity index (χ2n) is 17.4. The van der Waals surface area contributed by atoms with E-state index in [2.05, 4.69) is 111 Å². The summed E-state index contributed by atoms with van der Waals surface area (Å²) in [6.45, 7) is 4.04. The minimum atomic E-state index is -4.65. The Balaban J connectivity index is 4.38. The fourth-order valence-electron chi connectivity index (χ4n) is 6.22. The molecule has 2 unspecified atom stereocenters. The first-order chi connectivity index (χ1) is 31.0. The fourth-order valence-corrected chi connectivity index (χ4v) is 6.94. The lowest BCUT2D eigenvalue weighted by Gasteiger charge is -2.28. The second-order valence-corrected chi connectivity index (χ2v) is 18.9. The highest BCUT2D eigenvalue weighted by molar-refractivity contribution is 7.45. The third-order valence-electron chi connectivity index (χ3n) is 10.1. The van der Waals surface area contributed by atoms with E-state index in [1.165, 1.54) is 44.9 Å². The molecule has 0 rings (SSSR count). The summed E-state index contributed by atoms with van der Waals surface area (Å²) in [7, 11) is 1.12. The van der Waals surface area contributed by atoms with E-state index in [4.69, 9.17) is 18.5 Å². The SMILES string of the molecule is CC/C=C\C/C=C\C/C=C\C/C=C\C/C=C\C/C=C\C/C=C\CCCCCC(=O)OC(COC(=O)CCCCCCC/C=C\CCCCCCCC)COP(=O)([O-])OCC[N+](C)(C)C. The van der Waals surface area contributed by atoms with E-state index in [0.29, 0.717) is 23.9 Å². The fraction of sp³-hybridized carbons (Fsp3) is 0.667. The number of ether oxygens (including phenoxy) is 2. The number of quaternary nitrogens is 1. The van der Waals surface area contributed by atoms with E-state index in [9.17, 15) is 19.0 Å². The molecule has 0 aliphatic carbocycles. The van der Waals surface area contributed by atoms with Crippen LogP contribution in [0.25, 0.3) is 0 Å². The van der Waals surface area contributed by atoms with Gasteiger partial charge in [-0.15, -0.1) is 0 Å². The summed E-state index contributed by atoms with van der Waals surface area (Å²) in [4.78, 5) is 37.7. The van der Waals surface area contributed by atoms with Gasteiger partial charge in [0.25, 0.3) is 7.82 Å². The smallest absolute Gasteiger partial charge is 0.306 e. The first-order valence-electron chi connectivity index (χ1n) is 24.9. The van der Waals surface area contributed by atoms with Crippen LogP contribution in [0.2, 0.25) is 0 Å². The quantitative estimate of drug-likeness (QED) is 0.0195. The standard InChI is InChI=1S/C54H92NO8P/c1-6-8-10-12-14-16-18-20-22-23-24-25-26-27-28-29-30-31-33-35-37-39-41-43-45-47-54(57)63-52(51-62-64(58,59)61-49-48-55(3,4)5)50-60-53(56)46-44-42-40-38-36-34-32-21-19-17-15-13-11-9-7-2/h8,10,14,16,20-22,24-25,27-28,30-32,35,37,52H,6-7,9,11-13,15,17-19,23,26,29,33-34,36,38-51H2,1-5H3/b10-8-,16-14-,22-20-,25-24-,28-27-,31-30-,32-21-,37-35-. The van der Waals surface area contributed by atoms with Crippen molar-refractivity contribution in [1.29, 1.82) is 0 Å². The number of carbonyl (C=O) groups is 2. The lowest BCUT2D eigenvalue weighted by molar-refractivity contribution is -0.870. The van der Waals surface area contributed by atoms with Crippen molar-refractivity contribution < 1.29 is 42.1 Å². The van der Waals surface area contributed by atoms with E-state index < -0.39 is 32.5 Å². The van der Waals surface area contributed by atoms with Crippen LogP contribution in [0.4, 0.5) is 0 Å². The van der Waals surface area contributed by atoms with Gasteiger partial charge in [-0.2, -0.15) is 0 Å². The van der Waals surface area contributed by atoms with Gasteiger partial charge in [-0.25, -0.2) is 0 Å². The van der Waals surface area contributed by atoms with Gasteiger partial charge in [0.1, 0.15) is 19.8 Å². The topological polar surface area (TPSA) is 111 Å². The molecule has 0 N–H and O–H groups in total. The summed E-state index contributed by atoms with van der Waals surface area (Å²) < 4.78 is 34.0. The first kappa shape index (κ1) is 60.9. The van der Waals surface area contributed by atoms with E-state index in [1.54, 1.807) is 0 Å². The summed E-state index contributed by atoms with van der Waals surface area (Å²) in [6.07, 6.45) is 60.1. The molecule has 0 fully saturated rings. The molecule has 0 aliphatic rings. The lowest BCUT2D eigenvalue weighted by Crippen LogP contribution is -2.37. The zero-order valence-electron chi connectivity index (χ0n) is 41.2. The number of hydrogen-bond donors (Lipinski definition) is 0. The van der Waals surface area contributed by atoms with Gasteiger partial charge >= 0.3 is 11.9 Å². The summed E-state index contributed by atoms with van der Waals surface area (Å²) in [5.41, 5.74) is 0. The molecule has 0 aromatic heterocycles. The Morgan fingerprint density at radius 3 is 1.36 bits per heavy atom. The van der Waals surface area contributed by atoms with Crippen molar-refractivity contribution in [3.63, 3.8) is 0 Å². The van der Waals surface area contributed by atoms with Crippen LogP contribution >= 0.6 is 7.82 Å². The molecule has 0 radical (unpaired) electrons. The van der Waals surface area contributed by atoms with Crippen LogP contribution in [0.5, 0.6) is 0 Å². The van der Waals surface area contributed by atoms with Gasteiger partial charge in [-0.1, -0.05) is 169 Å². The molecular weight excluding hydrogens is 822 g/mol. The number of unbranched alkanes of at least 4 members (excludes halogenated alkanes) is 14. The Hall–Kier alpha value is -3.07. The molecule has 64 heavy (non-hydrogen) atoms. The summed E-state index contributed by atoms with van der Waals surface area (Å²) in [5.74, 6) is -0.890. The van der Waals surface area contributed by atoms with Crippen molar-refractivity contribution in [3.05, 3.63) is 97.2 Å².